The van der Waals surface area contributed by atoms with E-state index < -0.39 is 0 Å². The van der Waals surface area contributed by atoms with Gasteiger partial charge >= 0.3 is 0 Å². The molecule has 0 bridgehead atoms. The third-order valence-electron chi connectivity index (χ3n) is 4.89. The van der Waals surface area contributed by atoms with Crippen LogP contribution in [0.3, 0.4) is 0 Å². The highest BCUT2D eigenvalue weighted by atomic mass is 16.3. The minimum absolute atomic E-state index is 0.00347. The lowest BCUT2D eigenvalue weighted by Gasteiger charge is -2.33. The molecular formula is C17H23N3O2. The van der Waals surface area contributed by atoms with E-state index in [9.17, 15) is 4.79 Å². The van der Waals surface area contributed by atoms with Crippen LogP contribution in [0.5, 0.6) is 0 Å². The lowest BCUT2D eigenvalue weighted by Crippen LogP contribution is -2.46. The van der Waals surface area contributed by atoms with Crippen LogP contribution in [0.2, 0.25) is 0 Å². The number of nitrogens with one attached hydrogen (secondary N) is 2. The number of hydrazine groups is 1. The van der Waals surface area contributed by atoms with Gasteiger partial charge in [-0.3, -0.25) is 15.6 Å². The molecule has 2 N–H and O–H groups in total. The second kappa shape index (κ2) is 5.74. The van der Waals surface area contributed by atoms with E-state index in [-0.39, 0.29) is 11.9 Å². The molecule has 2 heterocycles. The van der Waals surface area contributed by atoms with Gasteiger partial charge in [-0.15, -0.1) is 0 Å². The Balaban J connectivity index is 1.85. The number of rotatable bonds is 3. The summed E-state index contributed by atoms with van der Waals surface area (Å²) in [5.74, 6) is 0.357. The summed E-state index contributed by atoms with van der Waals surface area (Å²) in [7, 11) is 1.87. The number of benzene rings is 1. The van der Waals surface area contributed by atoms with Crippen LogP contribution in [-0.2, 0) is 0 Å². The third kappa shape index (κ3) is 2.40. The summed E-state index contributed by atoms with van der Waals surface area (Å²) in [4.78, 5) is 14.7. The number of carbonyl (C=O) groups is 1. The Morgan fingerprint density at radius 2 is 1.86 bits per heavy atom. The quantitative estimate of drug-likeness (QED) is 0.914. The van der Waals surface area contributed by atoms with Crippen molar-refractivity contribution >= 4 is 16.9 Å². The molecule has 0 radical (unpaired) electrons. The first-order valence-corrected chi connectivity index (χ1v) is 7.75. The van der Waals surface area contributed by atoms with Gasteiger partial charge in [0.1, 0.15) is 11.8 Å². The number of hydrogen-bond donors (Lipinski definition) is 2. The fourth-order valence-electron chi connectivity index (χ4n) is 3.50. The summed E-state index contributed by atoms with van der Waals surface area (Å²) < 4.78 is 5.50. The Morgan fingerprint density at radius 3 is 2.55 bits per heavy atom. The van der Waals surface area contributed by atoms with Gasteiger partial charge in [0.05, 0.1) is 5.56 Å². The van der Waals surface area contributed by atoms with Crippen LogP contribution in [0.15, 0.2) is 34.9 Å². The van der Waals surface area contributed by atoms with Crippen molar-refractivity contribution in [1.82, 2.24) is 15.8 Å². The molecule has 1 saturated heterocycles. The molecule has 1 aliphatic rings. The average Bonchev–Trinajstić information content (AvgIpc) is 3.09. The Hall–Kier alpha value is -1.85. The van der Waals surface area contributed by atoms with Crippen LogP contribution < -0.4 is 10.9 Å². The van der Waals surface area contributed by atoms with E-state index >= 15 is 0 Å². The molecule has 1 aromatic carbocycles. The van der Waals surface area contributed by atoms with Crippen molar-refractivity contribution in [2.24, 2.45) is 5.92 Å². The van der Waals surface area contributed by atoms with Gasteiger partial charge in [0.2, 0.25) is 0 Å². The van der Waals surface area contributed by atoms with Crippen LogP contribution in [0, 0.1) is 5.92 Å². The molecule has 22 heavy (non-hydrogen) atoms. The predicted octanol–water partition coefficient (Wildman–Crippen LogP) is 2.39. The number of nitrogens with zero attached hydrogens (tertiary/aromatic N) is 1. The van der Waals surface area contributed by atoms with Crippen molar-refractivity contribution in [3.63, 3.8) is 0 Å². The van der Waals surface area contributed by atoms with Crippen molar-refractivity contribution in [2.45, 2.75) is 38.9 Å². The summed E-state index contributed by atoms with van der Waals surface area (Å²) in [5, 5.41) is 0.871. The summed E-state index contributed by atoms with van der Waals surface area (Å²) in [5.41, 5.74) is 7.88. The SMILES string of the molecule is CC1NNC(C)C1C(C)N(C)C(=O)c1coc2ccccc12. The Bertz CT molecular complexity index is 671. The molecule has 0 spiro atoms. The van der Waals surface area contributed by atoms with Gasteiger partial charge < -0.3 is 9.32 Å². The first-order chi connectivity index (χ1) is 10.5. The maximum absolute atomic E-state index is 12.9. The molecular weight excluding hydrogens is 278 g/mol. The number of hydrogen-bond acceptors (Lipinski definition) is 4. The Morgan fingerprint density at radius 1 is 1.23 bits per heavy atom. The summed E-state index contributed by atoms with van der Waals surface area (Å²) in [6.07, 6.45) is 1.56. The van der Waals surface area contributed by atoms with Crippen LogP contribution in [0.25, 0.3) is 11.0 Å². The van der Waals surface area contributed by atoms with Crippen molar-refractivity contribution < 1.29 is 9.21 Å². The summed E-state index contributed by atoms with van der Waals surface area (Å²) in [6.45, 7) is 6.39. The second-order valence-electron chi connectivity index (χ2n) is 6.25. The number of furan rings is 1. The van der Waals surface area contributed by atoms with E-state index in [1.807, 2.05) is 36.2 Å². The first-order valence-electron chi connectivity index (χ1n) is 7.75. The van der Waals surface area contributed by atoms with E-state index in [1.165, 1.54) is 0 Å². The lowest BCUT2D eigenvalue weighted by molar-refractivity contribution is 0.0680. The van der Waals surface area contributed by atoms with E-state index in [0.717, 1.165) is 11.0 Å². The zero-order chi connectivity index (χ0) is 15.9. The zero-order valence-electron chi connectivity index (χ0n) is 13.5. The standard InChI is InChI=1S/C17H23N3O2/c1-10-16(11(2)19-18-10)12(3)20(4)17(21)14-9-22-15-8-6-5-7-13(14)15/h5-12,16,18-19H,1-4H3. The fourth-order valence-corrected chi connectivity index (χ4v) is 3.50. The molecule has 1 aliphatic heterocycles. The molecule has 3 atom stereocenters. The Kier molecular flexibility index (Phi) is 3.93. The maximum atomic E-state index is 12.9. The average molecular weight is 301 g/mol. The monoisotopic (exact) mass is 301 g/mol. The number of para-hydroxylation sites is 1. The molecule has 5 heteroatoms. The van der Waals surface area contributed by atoms with E-state index in [1.54, 1.807) is 6.26 Å². The van der Waals surface area contributed by atoms with Crippen molar-refractivity contribution in [3.8, 4) is 0 Å². The maximum Gasteiger partial charge on any atom is 0.257 e. The molecule has 1 amide bonds. The van der Waals surface area contributed by atoms with Gasteiger partial charge in [0, 0.05) is 36.5 Å². The third-order valence-corrected chi connectivity index (χ3v) is 4.89. The smallest absolute Gasteiger partial charge is 0.257 e. The van der Waals surface area contributed by atoms with E-state index in [2.05, 4.69) is 31.6 Å². The van der Waals surface area contributed by atoms with Crippen LogP contribution in [-0.4, -0.2) is 36.0 Å². The van der Waals surface area contributed by atoms with Gasteiger partial charge in [-0.2, -0.15) is 0 Å². The van der Waals surface area contributed by atoms with Crippen molar-refractivity contribution in [1.29, 1.82) is 0 Å². The van der Waals surface area contributed by atoms with Crippen LogP contribution in [0.4, 0.5) is 0 Å². The van der Waals surface area contributed by atoms with Gasteiger partial charge in [0.25, 0.3) is 5.91 Å². The molecule has 2 aromatic rings. The molecule has 1 fully saturated rings. The highest BCUT2D eigenvalue weighted by Crippen LogP contribution is 2.26. The molecule has 1 aromatic heterocycles. The minimum atomic E-state index is 0.00347. The lowest BCUT2D eigenvalue weighted by atomic mass is 9.88. The largest absolute Gasteiger partial charge is 0.463 e. The highest BCUT2D eigenvalue weighted by Gasteiger charge is 2.37. The molecule has 3 rings (SSSR count). The molecule has 5 nitrogen and oxygen atoms in total. The molecule has 3 unspecified atom stereocenters. The molecule has 118 valence electrons. The van der Waals surface area contributed by atoms with Gasteiger partial charge in [-0.25, -0.2) is 0 Å². The van der Waals surface area contributed by atoms with Gasteiger partial charge in [-0.1, -0.05) is 18.2 Å². The van der Waals surface area contributed by atoms with Crippen molar-refractivity contribution in [3.05, 3.63) is 36.1 Å². The van der Waals surface area contributed by atoms with E-state index in [0.29, 0.717) is 23.6 Å². The summed E-state index contributed by atoms with van der Waals surface area (Å²) >= 11 is 0. The van der Waals surface area contributed by atoms with Crippen molar-refractivity contribution in [2.75, 3.05) is 7.05 Å². The van der Waals surface area contributed by atoms with Gasteiger partial charge in [0.15, 0.2) is 0 Å². The van der Waals surface area contributed by atoms with Gasteiger partial charge in [-0.05, 0) is 26.8 Å². The van der Waals surface area contributed by atoms with E-state index in [4.69, 9.17) is 4.42 Å². The zero-order valence-corrected chi connectivity index (χ0v) is 13.5. The molecule has 0 aliphatic carbocycles. The minimum Gasteiger partial charge on any atom is -0.463 e. The first kappa shape index (κ1) is 15.1. The topological polar surface area (TPSA) is 57.5 Å². The molecule has 0 saturated carbocycles. The van der Waals surface area contributed by atoms with Crippen LogP contribution in [0.1, 0.15) is 31.1 Å². The fraction of sp³-hybridized carbons (Fsp3) is 0.471. The Labute approximate surface area is 130 Å². The normalized spacial score (nSPS) is 26.3. The van der Waals surface area contributed by atoms with Crippen LogP contribution >= 0.6 is 0 Å². The number of fused-ring (bicyclic) bond motifs is 1. The predicted molar refractivity (Wildman–Crippen MR) is 86.5 cm³/mol. The number of amides is 1. The second-order valence-corrected chi connectivity index (χ2v) is 6.25. The number of carbonyl (C=O) groups excluding carboxylic acids is 1. The summed E-state index contributed by atoms with van der Waals surface area (Å²) in [6, 6.07) is 8.40. The highest BCUT2D eigenvalue weighted by molar-refractivity contribution is 6.05.